The largest absolute Gasteiger partial charge is 0.354 e. The first-order valence-electron chi connectivity index (χ1n) is 6.21. The summed E-state index contributed by atoms with van der Waals surface area (Å²) in [6, 6.07) is 4.08. The van der Waals surface area contributed by atoms with E-state index < -0.39 is 0 Å². The molecule has 1 aliphatic heterocycles. The lowest BCUT2D eigenvalue weighted by Crippen LogP contribution is -2.38. The number of halogens is 2. The first-order valence-corrected chi connectivity index (χ1v) is 6.74. The van der Waals surface area contributed by atoms with Gasteiger partial charge in [0.1, 0.15) is 17.7 Å². The van der Waals surface area contributed by atoms with Crippen molar-refractivity contribution in [3.63, 3.8) is 0 Å². The van der Waals surface area contributed by atoms with Gasteiger partial charge in [-0.05, 0) is 25.0 Å². The van der Waals surface area contributed by atoms with Crippen molar-refractivity contribution in [2.24, 2.45) is 0 Å². The fourth-order valence-electron chi connectivity index (χ4n) is 2.57. The van der Waals surface area contributed by atoms with Gasteiger partial charge in [-0.3, -0.25) is 4.79 Å². The molecule has 0 aliphatic carbocycles. The second kappa shape index (κ2) is 4.81. The third-order valence-corrected chi connectivity index (χ3v) is 3.65. The summed E-state index contributed by atoms with van der Waals surface area (Å²) >= 11 is 5.90. The van der Waals surface area contributed by atoms with Crippen molar-refractivity contribution >= 4 is 28.5 Å². The number of piperidine rings is 1. The molecule has 1 unspecified atom stereocenters. The molecular weight excluding hydrogens is 269 g/mol. The van der Waals surface area contributed by atoms with E-state index in [0.717, 1.165) is 18.4 Å². The summed E-state index contributed by atoms with van der Waals surface area (Å²) in [4.78, 5) is 16.3. The van der Waals surface area contributed by atoms with Gasteiger partial charge in [-0.15, -0.1) is 11.6 Å². The summed E-state index contributed by atoms with van der Waals surface area (Å²) < 4.78 is 15.1. The lowest BCUT2D eigenvalue weighted by Gasteiger charge is -2.24. The van der Waals surface area contributed by atoms with Gasteiger partial charge >= 0.3 is 0 Å². The number of nitrogens with zero attached hydrogens (tertiary/aromatic N) is 2. The predicted octanol–water partition coefficient (Wildman–Crippen LogP) is 2.37. The lowest BCUT2D eigenvalue weighted by molar-refractivity contribution is -0.125. The molecule has 1 N–H and O–H groups in total. The van der Waals surface area contributed by atoms with E-state index in [0.29, 0.717) is 17.9 Å². The average molecular weight is 282 g/mol. The van der Waals surface area contributed by atoms with E-state index in [2.05, 4.69) is 10.3 Å². The van der Waals surface area contributed by atoms with Gasteiger partial charge in [0, 0.05) is 12.6 Å². The molecule has 1 fully saturated rings. The van der Waals surface area contributed by atoms with Crippen LogP contribution in [0.4, 0.5) is 4.39 Å². The molecule has 0 saturated carbocycles. The standard InChI is InChI=1S/C13H13ClFN3O/c14-7-12-17-9-6-8(15)3-4-10(9)18(12)11-2-1-5-16-13(11)19/h3-4,6,11H,1-2,5,7H2,(H,16,19). The molecule has 0 radical (unpaired) electrons. The van der Waals surface area contributed by atoms with Crippen LogP contribution in [-0.2, 0) is 10.7 Å². The monoisotopic (exact) mass is 281 g/mol. The zero-order valence-electron chi connectivity index (χ0n) is 10.2. The number of nitrogens with one attached hydrogen (secondary N) is 1. The van der Waals surface area contributed by atoms with Crippen molar-refractivity contribution in [1.82, 2.24) is 14.9 Å². The topological polar surface area (TPSA) is 46.9 Å². The summed E-state index contributed by atoms with van der Waals surface area (Å²) in [5.74, 6) is 0.428. The van der Waals surface area contributed by atoms with Gasteiger partial charge in [-0.25, -0.2) is 9.37 Å². The molecular formula is C13H13ClFN3O. The van der Waals surface area contributed by atoms with Crippen molar-refractivity contribution in [3.05, 3.63) is 29.8 Å². The van der Waals surface area contributed by atoms with Gasteiger partial charge in [0.05, 0.1) is 16.9 Å². The van der Waals surface area contributed by atoms with Crippen molar-refractivity contribution in [1.29, 1.82) is 0 Å². The van der Waals surface area contributed by atoms with Crippen molar-refractivity contribution in [3.8, 4) is 0 Å². The molecule has 100 valence electrons. The van der Waals surface area contributed by atoms with Crippen LogP contribution < -0.4 is 5.32 Å². The summed E-state index contributed by atoms with van der Waals surface area (Å²) in [6.45, 7) is 0.701. The van der Waals surface area contributed by atoms with Gasteiger partial charge in [-0.2, -0.15) is 0 Å². The number of hydrogen-bond acceptors (Lipinski definition) is 2. The number of rotatable bonds is 2. The van der Waals surface area contributed by atoms with Crippen LogP contribution in [0.15, 0.2) is 18.2 Å². The average Bonchev–Trinajstić information content (AvgIpc) is 2.76. The molecule has 3 rings (SSSR count). The van der Waals surface area contributed by atoms with Crippen molar-refractivity contribution in [2.45, 2.75) is 24.8 Å². The van der Waals surface area contributed by atoms with Crippen LogP contribution in [0.5, 0.6) is 0 Å². The van der Waals surface area contributed by atoms with Gasteiger partial charge < -0.3 is 9.88 Å². The molecule has 2 aromatic rings. The molecule has 1 atom stereocenters. The Bertz CT molecular complexity index is 640. The number of carbonyl (C=O) groups is 1. The van der Waals surface area contributed by atoms with Gasteiger partial charge in [0.15, 0.2) is 0 Å². The number of aromatic nitrogens is 2. The number of carbonyl (C=O) groups excluding carboxylic acids is 1. The maximum absolute atomic E-state index is 13.2. The van der Waals surface area contributed by atoms with E-state index in [4.69, 9.17) is 11.6 Å². The number of imidazole rings is 1. The third-order valence-electron chi connectivity index (χ3n) is 3.41. The molecule has 0 bridgehead atoms. The van der Waals surface area contributed by atoms with Crippen molar-refractivity contribution < 1.29 is 9.18 Å². The Balaban J connectivity index is 2.17. The van der Waals surface area contributed by atoms with Crippen LogP contribution in [0.1, 0.15) is 24.7 Å². The fraction of sp³-hybridized carbons (Fsp3) is 0.385. The lowest BCUT2D eigenvalue weighted by atomic mass is 10.1. The SMILES string of the molecule is O=C1NCCCC1n1c(CCl)nc2cc(F)ccc21. The highest BCUT2D eigenvalue weighted by Crippen LogP contribution is 2.27. The normalized spacial score (nSPS) is 19.7. The maximum Gasteiger partial charge on any atom is 0.243 e. The zero-order chi connectivity index (χ0) is 13.4. The summed E-state index contributed by atoms with van der Waals surface area (Å²) in [7, 11) is 0. The van der Waals surface area contributed by atoms with E-state index in [1.807, 2.05) is 4.57 Å². The van der Waals surface area contributed by atoms with Crippen LogP contribution >= 0.6 is 11.6 Å². The van der Waals surface area contributed by atoms with Crippen molar-refractivity contribution in [2.75, 3.05) is 6.54 Å². The molecule has 19 heavy (non-hydrogen) atoms. The molecule has 1 saturated heterocycles. The van der Waals surface area contributed by atoms with Gasteiger partial charge in [0.25, 0.3) is 0 Å². The minimum atomic E-state index is -0.341. The van der Waals surface area contributed by atoms with E-state index in [1.54, 1.807) is 6.07 Å². The first kappa shape index (κ1) is 12.4. The molecule has 1 amide bonds. The minimum absolute atomic E-state index is 0.0266. The molecule has 1 aromatic carbocycles. The van der Waals surface area contributed by atoms with Crippen LogP contribution in [0.25, 0.3) is 11.0 Å². The highest BCUT2D eigenvalue weighted by Gasteiger charge is 2.27. The van der Waals surface area contributed by atoms with Gasteiger partial charge in [0.2, 0.25) is 5.91 Å². The van der Waals surface area contributed by atoms with Crippen LogP contribution in [0.2, 0.25) is 0 Å². The molecule has 4 nitrogen and oxygen atoms in total. The molecule has 2 heterocycles. The first-order chi connectivity index (χ1) is 9.20. The second-order valence-electron chi connectivity index (χ2n) is 4.61. The van der Waals surface area contributed by atoms with Gasteiger partial charge in [-0.1, -0.05) is 0 Å². The number of benzene rings is 1. The Hall–Kier alpha value is -1.62. The Morgan fingerprint density at radius 3 is 3.11 bits per heavy atom. The Kier molecular flexibility index (Phi) is 3.14. The molecule has 6 heteroatoms. The molecule has 1 aromatic heterocycles. The highest BCUT2D eigenvalue weighted by atomic mass is 35.5. The van der Waals surface area contributed by atoms with Crippen LogP contribution in [0.3, 0.4) is 0 Å². The number of amides is 1. The smallest absolute Gasteiger partial charge is 0.243 e. The zero-order valence-corrected chi connectivity index (χ0v) is 11.0. The molecule has 1 aliphatic rings. The Morgan fingerprint density at radius 2 is 2.37 bits per heavy atom. The number of fused-ring (bicyclic) bond motifs is 1. The third kappa shape index (κ3) is 2.08. The Labute approximate surface area is 114 Å². The summed E-state index contributed by atoms with van der Waals surface area (Å²) in [6.07, 6.45) is 1.66. The predicted molar refractivity (Wildman–Crippen MR) is 70.5 cm³/mol. The van der Waals surface area contributed by atoms with Crippen LogP contribution in [-0.4, -0.2) is 22.0 Å². The van der Waals surface area contributed by atoms with Crippen LogP contribution in [0, 0.1) is 5.82 Å². The van der Waals surface area contributed by atoms with E-state index in [-0.39, 0.29) is 23.6 Å². The quantitative estimate of drug-likeness (QED) is 0.859. The van der Waals surface area contributed by atoms with E-state index >= 15 is 0 Å². The summed E-state index contributed by atoms with van der Waals surface area (Å²) in [5, 5.41) is 2.84. The minimum Gasteiger partial charge on any atom is -0.354 e. The number of hydrogen-bond donors (Lipinski definition) is 1. The Morgan fingerprint density at radius 1 is 1.53 bits per heavy atom. The highest BCUT2D eigenvalue weighted by molar-refractivity contribution is 6.17. The van der Waals surface area contributed by atoms with E-state index in [9.17, 15) is 9.18 Å². The number of alkyl halides is 1. The second-order valence-corrected chi connectivity index (χ2v) is 4.88. The van der Waals surface area contributed by atoms with E-state index in [1.165, 1.54) is 12.1 Å². The molecule has 0 spiro atoms. The fourth-order valence-corrected chi connectivity index (χ4v) is 2.75. The summed E-state index contributed by atoms with van der Waals surface area (Å²) in [5.41, 5.74) is 1.29. The maximum atomic E-state index is 13.2.